The molecule has 0 aliphatic heterocycles. The number of aromatic nitrogens is 2. The molecule has 0 spiro atoms. The van der Waals surface area contributed by atoms with Gasteiger partial charge in [-0.05, 0) is 56.7 Å². The molecule has 2 aromatic heterocycles. The van der Waals surface area contributed by atoms with E-state index in [4.69, 9.17) is 21.1 Å². The minimum Gasteiger partial charge on any atom is -0.490 e. The summed E-state index contributed by atoms with van der Waals surface area (Å²) in [6, 6.07) is 11.2. The smallest absolute Gasteiger partial charge is 0.274 e. The molecule has 4 rings (SSSR count). The zero-order chi connectivity index (χ0) is 19.8. The number of thiazole rings is 1. The van der Waals surface area contributed by atoms with Gasteiger partial charge in [-0.15, -0.1) is 0 Å². The highest BCUT2D eigenvalue weighted by molar-refractivity contribution is 7.15. The lowest BCUT2D eigenvalue weighted by Crippen LogP contribution is -2.22. The Morgan fingerprint density at radius 2 is 2.07 bits per heavy atom. The lowest BCUT2D eigenvalue weighted by atomic mass is 10.2. The lowest BCUT2D eigenvalue weighted by molar-refractivity contribution is 0.224. The van der Waals surface area contributed by atoms with Crippen LogP contribution in [0.3, 0.4) is 0 Å². The maximum absolute atomic E-state index is 12.9. The third kappa shape index (κ3) is 3.34. The summed E-state index contributed by atoms with van der Waals surface area (Å²) in [5.74, 6) is 1.08. The summed E-state index contributed by atoms with van der Waals surface area (Å²) in [4.78, 5) is 18.1. The van der Waals surface area contributed by atoms with Crippen molar-refractivity contribution in [1.29, 1.82) is 0 Å². The zero-order valence-electron chi connectivity index (χ0n) is 15.7. The first-order valence-corrected chi connectivity index (χ1v) is 10.2. The molecule has 0 aliphatic rings. The number of ether oxygens (including phenoxy) is 2. The highest BCUT2D eigenvalue weighted by Gasteiger charge is 2.15. The third-order valence-corrected chi connectivity index (χ3v) is 5.38. The van der Waals surface area contributed by atoms with E-state index in [1.54, 1.807) is 10.5 Å². The molecule has 0 N–H and O–H groups in total. The van der Waals surface area contributed by atoms with Gasteiger partial charge in [-0.2, -0.15) is 0 Å². The molecule has 0 bridgehead atoms. The Morgan fingerprint density at radius 3 is 2.82 bits per heavy atom. The average Bonchev–Trinajstić information content (AvgIpc) is 3.15. The normalized spacial score (nSPS) is 12.4. The van der Waals surface area contributed by atoms with Crippen molar-refractivity contribution in [1.82, 2.24) is 9.38 Å². The van der Waals surface area contributed by atoms with Crippen LogP contribution in [0.15, 0.2) is 41.2 Å². The molecule has 2 heterocycles. The predicted octanol–water partition coefficient (Wildman–Crippen LogP) is 4.30. The quantitative estimate of drug-likeness (QED) is 0.488. The van der Waals surface area contributed by atoms with Crippen molar-refractivity contribution in [3.8, 4) is 11.5 Å². The molecule has 2 aromatic carbocycles. The summed E-state index contributed by atoms with van der Waals surface area (Å²) in [6.45, 7) is 6.25. The summed E-state index contributed by atoms with van der Waals surface area (Å²) in [5, 5.41) is 0.449. The molecule has 0 saturated heterocycles. The van der Waals surface area contributed by atoms with Crippen LogP contribution < -0.4 is 19.6 Å². The van der Waals surface area contributed by atoms with Gasteiger partial charge in [0.15, 0.2) is 16.5 Å². The molecule has 4 aromatic rings. The van der Waals surface area contributed by atoms with Crippen molar-refractivity contribution < 1.29 is 9.47 Å². The molecule has 7 heteroatoms. The van der Waals surface area contributed by atoms with Gasteiger partial charge in [0.25, 0.3) is 5.56 Å². The predicted molar refractivity (Wildman–Crippen MR) is 114 cm³/mol. The van der Waals surface area contributed by atoms with Crippen molar-refractivity contribution in [2.75, 3.05) is 6.61 Å². The molecule has 144 valence electrons. The largest absolute Gasteiger partial charge is 0.490 e. The number of hydrogen-bond donors (Lipinski definition) is 0. The topological polar surface area (TPSA) is 52.8 Å². The first-order valence-electron chi connectivity index (χ1n) is 9.02. The first kappa shape index (κ1) is 18.8. The van der Waals surface area contributed by atoms with Crippen molar-refractivity contribution >= 4 is 45.0 Å². The number of benzene rings is 2. The molecule has 5 nitrogen and oxygen atoms in total. The van der Waals surface area contributed by atoms with Crippen LogP contribution >= 0.6 is 22.9 Å². The van der Waals surface area contributed by atoms with Crippen LogP contribution in [-0.2, 0) is 0 Å². The summed E-state index contributed by atoms with van der Waals surface area (Å²) in [5.41, 5.74) is 2.31. The van der Waals surface area contributed by atoms with E-state index in [2.05, 4.69) is 4.98 Å². The van der Waals surface area contributed by atoms with Gasteiger partial charge in [-0.3, -0.25) is 4.79 Å². The van der Waals surface area contributed by atoms with Crippen molar-refractivity contribution in [3.05, 3.63) is 61.9 Å². The maximum atomic E-state index is 12.9. The minimum atomic E-state index is -0.0923. The van der Waals surface area contributed by atoms with Gasteiger partial charge < -0.3 is 9.47 Å². The number of hydrogen-bond acceptors (Lipinski definition) is 5. The Balaban J connectivity index is 1.86. The fourth-order valence-electron chi connectivity index (χ4n) is 3.05. The fraction of sp³-hybridized carbons (Fsp3) is 0.238. The second-order valence-corrected chi connectivity index (χ2v) is 7.98. The van der Waals surface area contributed by atoms with Gasteiger partial charge in [0.2, 0.25) is 0 Å². The Labute approximate surface area is 170 Å². The van der Waals surface area contributed by atoms with Crippen LogP contribution in [0.1, 0.15) is 26.3 Å². The highest BCUT2D eigenvalue weighted by Crippen LogP contribution is 2.37. The van der Waals surface area contributed by atoms with Crippen molar-refractivity contribution in [2.24, 2.45) is 0 Å². The van der Waals surface area contributed by atoms with Gasteiger partial charge in [-0.25, -0.2) is 9.38 Å². The zero-order valence-corrected chi connectivity index (χ0v) is 17.3. The maximum Gasteiger partial charge on any atom is 0.274 e. The first-order chi connectivity index (χ1) is 13.5. The molecule has 0 fully saturated rings. The van der Waals surface area contributed by atoms with E-state index in [1.807, 2.05) is 57.2 Å². The lowest BCUT2D eigenvalue weighted by Gasteiger charge is -2.16. The summed E-state index contributed by atoms with van der Waals surface area (Å²) < 4.78 is 13.7. The minimum absolute atomic E-state index is 0.0295. The molecule has 0 amide bonds. The second kappa shape index (κ2) is 7.45. The molecule has 28 heavy (non-hydrogen) atoms. The Kier molecular flexibility index (Phi) is 5.00. The van der Waals surface area contributed by atoms with Crippen LogP contribution in [0, 0.1) is 0 Å². The fourth-order valence-corrected chi connectivity index (χ4v) is 4.30. The number of imidazole rings is 1. The van der Waals surface area contributed by atoms with Gasteiger partial charge in [0.1, 0.15) is 0 Å². The van der Waals surface area contributed by atoms with Gasteiger partial charge in [-0.1, -0.05) is 35.1 Å². The summed E-state index contributed by atoms with van der Waals surface area (Å²) >= 11 is 7.79. The number of para-hydroxylation sites is 2. The van der Waals surface area contributed by atoms with E-state index in [1.165, 1.54) is 11.3 Å². The number of halogens is 1. The number of fused-ring (bicyclic) bond motifs is 3. The Hall–Kier alpha value is -2.57. The van der Waals surface area contributed by atoms with Gasteiger partial charge in [0.05, 0.1) is 33.3 Å². The van der Waals surface area contributed by atoms with E-state index < -0.39 is 0 Å². The third-order valence-electron chi connectivity index (χ3n) is 4.13. The second-order valence-electron chi connectivity index (χ2n) is 6.56. The van der Waals surface area contributed by atoms with Crippen LogP contribution in [0.5, 0.6) is 11.5 Å². The molecule has 0 atom stereocenters. The molecule has 0 saturated carbocycles. The van der Waals surface area contributed by atoms with Gasteiger partial charge >= 0.3 is 0 Å². The standard InChI is InChI=1S/C21H19ClN2O3S/c1-4-26-17-10-13(9-14(22)19(17)27-12(2)3)11-18-20(25)24-16-8-6-5-7-15(16)23-21(24)28-18/h5-12H,4H2,1-3H3. The van der Waals surface area contributed by atoms with E-state index in [9.17, 15) is 4.79 Å². The molecular weight excluding hydrogens is 396 g/mol. The summed E-state index contributed by atoms with van der Waals surface area (Å²) in [7, 11) is 0. The molecular formula is C21H19ClN2O3S. The van der Waals surface area contributed by atoms with Crippen LogP contribution in [0.25, 0.3) is 22.1 Å². The SMILES string of the molecule is CCOc1cc(C=c2sc3nc4ccccc4n3c2=O)cc(Cl)c1OC(C)C. The van der Waals surface area contributed by atoms with Crippen molar-refractivity contribution in [2.45, 2.75) is 26.9 Å². The van der Waals surface area contributed by atoms with Crippen molar-refractivity contribution in [3.63, 3.8) is 0 Å². The van der Waals surface area contributed by atoms with E-state index in [0.29, 0.717) is 32.6 Å². The van der Waals surface area contributed by atoms with Gasteiger partial charge in [0, 0.05) is 0 Å². The van der Waals surface area contributed by atoms with Crippen LogP contribution in [0.2, 0.25) is 5.02 Å². The number of nitrogens with zero attached hydrogens (tertiary/aromatic N) is 2. The molecule has 0 unspecified atom stereocenters. The average molecular weight is 415 g/mol. The van der Waals surface area contributed by atoms with E-state index in [-0.39, 0.29) is 11.7 Å². The highest BCUT2D eigenvalue weighted by atomic mass is 35.5. The monoisotopic (exact) mass is 414 g/mol. The van der Waals surface area contributed by atoms with Crippen LogP contribution in [0.4, 0.5) is 0 Å². The Bertz CT molecular complexity index is 1280. The Morgan fingerprint density at radius 1 is 1.29 bits per heavy atom. The number of rotatable bonds is 5. The molecule has 0 radical (unpaired) electrons. The van der Waals surface area contributed by atoms with E-state index in [0.717, 1.165) is 16.6 Å². The molecule has 0 aliphatic carbocycles. The van der Waals surface area contributed by atoms with Crippen LogP contribution in [-0.4, -0.2) is 22.1 Å². The van der Waals surface area contributed by atoms with E-state index >= 15 is 0 Å². The summed E-state index contributed by atoms with van der Waals surface area (Å²) in [6.07, 6.45) is 1.78.